The number of nitrogens with zero attached hydrogens (tertiary/aromatic N) is 1. The number of alkyl halides is 1. The molecule has 136 valence electrons. The van der Waals surface area contributed by atoms with E-state index in [0.717, 1.165) is 0 Å². The SMILES string of the molecule is O=C(CCCl)Nc1ccc2oc(-c3c(F)c(F)c(F)c(F)c3F)nc2c1. The first-order valence-corrected chi connectivity index (χ1v) is 7.65. The van der Waals surface area contributed by atoms with Gasteiger partial charge in [-0.2, -0.15) is 0 Å². The second-order valence-corrected chi connectivity index (χ2v) is 5.51. The lowest BCUT2D eigenvalue weighted by Crippen LogP contribution is -2.11. The Morgan fingerprint density at radius 1 is 1.04 bits per heavy atom. The maximum absolute atomic E-state index is 13.9. The van der Waals surface area contributed by atoms with Crippen molar-refractivity contribution < 1.29 is 31.2 Å². The Balaban J connectivity index is 2.07. The Morgan fingerprint density at radius 3 is 2.27 bits per heavy atom. The third-order valence-corrected chi connectivity index (χ3v) is 3.61. The van der Waals surface area contributed by atoms with Gasteiger partial charge in [0.2, 0.25) is 17.6 Å². The van der Waals surface area contributed by atoms with E-state index in [2.05, 4.69) is 10.3 Å². The zero-order chi connectivity index (χ0) is 19.0. The summed E-state index contributed by atoms with van der Waals surface area (Å²) >= 11 is 5.45. The number of halogens is 6. The minimum absolute atomic E-state index is 0.0271. The average molecular weight is 391 g/mol. The van der Waals surface area contributed by atoms with Crippen molar-refractivity contribution in [1.82, 2.24) is 4.98 Å². The smallest absolute Gasteiger partial charge is 0.233 e. The van der Waals surface area contributed by atoms with Crippen LogP contribution >= 0.6 is 11.6 Å². The number of anilines is 1. The fraction of sp³-hybridized carbons (Fsp3) is 0.125. The number of aromatic nitrogens is 1. The van der Waals surface area contributed by atoms with Crippen LogP contribution in [0.4, 0.5) is 27.6 Å². The van der Waals surface area contributed by atoms with Crippen molar-refractivity contribution >= 4 is 34.3 Å². The number of carbonyl (C=O) groups excluding carboxylic acids is 1. The minimum Gasteiger partial charge on any atom is -0.436 e. The predicted molar refractivity (Wildman–Crippen MR) is 83.2 cm³/mol. The van der Waals surface area contributed by atoms with E-state index < -0.39 is 40.5 Å². The highest BCUT2D eigenvalue weighted by Gasteiger charge is 2.29. The molecule has 1 N–H and O–H groups in total. The van der Waals surface area contributed by atoms with Gasteiger partial charge in [-0.1, -0.05) is 0 Å². The Bertz CT molecular complexity index is 993. The van der Waals surface area contributed by atoms with Gasteiger partial charge < -0.3 is 9.73 Å². The quantitative estimate of drug-likeness (QED) is 0.302. The van der Waals surface area contributed by atoms with E-state index in [4.69, 9.17) is 16.0 Å². The largest absolute Gasteiger partial charge is 0.436 e. The van der Waals surface area contributed by atoms with Gasteiger partial charge in [-0.3, -0.25) is 4.79 Å². The molecule has 0 spiro atoms. The van der Waals surface area contributed by atoms with Crippen molar-refractivity contribution in [3.8, 4) is 11.5 Å². The molecule has 3 aromatic rings. The van der Waals surface area contributed by atoms with Crippen LogP contribution in [0.3, 0.4) is 0 Å². The molecule has 0 aliphatic heterocycles. The Kier molecular flexibility index (Phi) is 4.82. The molecule has 3 rings (SSSR count). The second kappa shape index (κ2) is 6.91. The molecular weight excluding hydrogens is 383 g/mol. The van der Waals surface area contributed by atoms with E-state index in [1.807, 2.05) is 0 Å². The van der Waals surface area contributed by atoms with Crippen molar-refractivity contribution in [2.75, 3.05) is 11.2 Å². The van der Waals surface area contributed by atoms with Gasteiger partial charge in [0.15, 0.2) is 28.9 Å². The molecule has 4 nitrogen and oxygen atoms in total. The molecule has 26 heavy (non-hydrogen) atoms. The van der Waals surface area contributed by atoms with Crippen LogP contribution in [-0.4, -0.2) is 16.8 Å². The van der Waals surface area contributed by atoms with Crippen LogP contribution < -0.4 is 5.32 Å². The first-order chi connectivity index (χ1) is 12.3. The fourth-order valence-electron chi connectivity index (χ4n) is 2.21. The summed E-state index contributed by atoms with van der Waals surface area (Å²) in [7, 11) is 0. The van der Waals surface area contributed by atoms with E-state index in [1.54, 1.807) is 0 Å². The number of benzene rings is 2. The zero-order valence-electron chi connectivity index (χ0n) is 12.7. The van der Waals surface area contributed by atoms with Crippen LogP contribution in [0.15, 0.2) is 22.6 Å². The summed E-state index contributed by atoms with van der Waals surface area (Å²) < 4.78 is 72.6. The third kappa shape index (κ3) is 3.10. The molecule has 1 amide bonds. The first kappa shape index (κ1) is 18.1. The van der Waals surface area contributed by atoms with E-state index in [1.165, 1.54) is 18.2 Å². The van der Waals surface area contributed by atoms with Crippen molar-refractivity contribution in [2.24, 2.45) is 0 Å². The lowest BCUT2D eigenvalue weighted by molar-refractivity contribution is -0.115. The molecule has 0 fully saturated rings. The monoisotopic (exact) mass is 390 g/mol. The molecule has 1 aromatic heterocycles. The summed E-state index contributed by atoms with van der Waals surface area (Å²) in [6, 6.07) is 4.07. The van der Waals surface area contributed by atoms with Crippen molar-refractivity contribution in [1.29, 1.82) is 0 Å². The number of rotatable bonds is 4. The summed E-state index contributed by atoms with van der Waals surface area (Å²) in [5.41, 5.74) is -0.901. The van der Waals surface area contributed by atoms with E-state index in [9.17, 15) is 26.7 Å². The van der Waals surface area contributed by atoms with Gasteiger partial charge in [-0.15, -0.1) is 11.6 Å². The van der Waals surface area contributed by atoms with E-state index in [0.29, 0.717) is 5.69 Å². The topological polar surface area (TPSA) is 55.1 Å². The average Bonchev–Trinajstić information content (AvgIpc) is 3.01. The number of fused-ring (bicyclic) bond motifs is 1. The Hall–Kier alpha value is -2.68. The molecule has 0 bridgehead atoms. The highest BCUT2D eigenvalue weighted by atomic mass is 35.5. The van der Waals surface area contributed by atoms with E-state index in [-0.39, 0.29) is 29.3 Å². The van der Waals surface area contributed by atoms with Crippen LogP contribution in [0.25, 0.3) is 22.6 Å². The highest BCUT2D eigenvalue weighted by Crippen LogP contribution is 2.33. The second-order valence-electron chi connectivity index (χ2n) is 5.13. The standard InChI is InChI=1S/C16H8ClF5N2O2/c17-4-3-9(25)23-6-1-2-8-7(5-6)24-16(26-8)10-11(18)13(20)15(22)14(21)12(10)19/h1-2,5H,3-4H2,(H,23,25). The van der Waals surface area contributed by atoms with E-state index >= 15 is 0 Å². The number of nitrogens with one attached hydrogen (secondary N) is 1. The van der Waals surface area contributed by atoms with Gasteiger partial charge in [0.25, 0.3) is 0 Å². The van der Waals surface area contributed by atoms with Crippen molar-refractivity contribution in [3.63, 3.8) is 0 Å². The van der Waals surface area contributed by atoms with Gasteiger partial charge in [0.05, 0.1) is 0 Å². The molecule has 0 radical (unpaired) electrons. The lowest BCUT2D eigenvalue weighted by atomic mass is 10.1. The van der Waals surface area contributed by atoms with Crippen LogP contribution in [0.1, 0.15) is 6.42 Å². The molecule has 0 atom stereocenters. The van der Waals surface area contributed by atoms with Crippen LogP contribution in [0.5, 0.6) is 0 Å². The zero-order valence-corrected chi connectivity index (χ0v) is 13.4. The first-order valence-electron chi connectivity index (χ1n) is 7.11. The summed E-state index contributed by atoms with van der Waals surface area (Å²) in [6.45, 7) is 0. The van der Waals surface area contributed by atoms with Gasteiger partial charge in [-0.05, 0) is 18.2 Å². The summed E-state index contributed by atoms with van der Waals surface area (Å²) in [6.07, 6.45) is 0.0637. The predicted octanol–water partition coefficient (Wildman–Crippen LogP) is 4.76. The summed E-state index contributed by atoms with van der Waals surface area (Å²) in [4.78, 5) is 15.3. The molecule has 0 aliphatic rings. The molecular formula is C16H8ClF5N2O2. The molecule has 1 heterocycles. The molecule has 0 aliphatic carbocycles. The molecule has 10 heteroatoms. The van der Waals surface area contributed by atoms with Crippen LogP contribution in [0.2, 0.25) is 0 Å². The van der Waals surface area contributed by atoms with Crippen molar-refractivity contribution in [3.05, 3.63) is 47.3 Å². The molecule has 0 saturated heterocycles. The number of carbonyl (C=O) groups is 1. The summed E-state index contributed by atoms with van der Waals surface area (Å²) in [5.74, 6) is -11.6. The molecule has 2 aromatic carbocycles. The maximum atomic E-state index is 13.9. The van der Waals surface area contributed by atoms with Crippen LogP contribution in [-0.2, 0) is 4.79 Å². The number of hydrogen-bond donors (Lipinski definition) is 1. The van der Waals surface area contributed by atoms with Crippen molar-refractivity contribution in [2.45, 2.75) is 6.42 Å². The van der Waals surface area contributed by atoms with Gasteiger partial charge in [0.1, 0.15) is 11.1 Å². The number of hydrogen-bond acceptors (Lipinski definition) is 3. The number of oxazole rings is 1. The number of amides is 1. The molecule has 0 saturated carbocycles. The lowest BCUT2D eigenvalue weighted by Gasteiger charge is -2.04. The molecule has 0 unspecified atom stereocenters. The van der Waals surface area contributed by atoms with Gasteiger partial charge in [0, 0.05) is 18.0 Å². The Morgan fingerprint density at radius 2 is 1.65 bits per heavy atom. The maximum Gasteiger partial charge on any atom is 0.233 e. The summed E-state index contributed by atoms with van der Waals surface area (Å²) in [5, 5.41) is 2.51. The van der Waals surface area contributed by atoms with Gasteiger partial charge in [-0.25, -0.2) is 26.9 Å². The van der Waals surface area contributed by atoms with Gasteiger partial charge >= 0.3 is 0 Å². The normalized spacial score (nSPS) is 11.2. The highest BCUT2D eigenvalue weighted by molar-refractivity contribution is 6.19. The van der Waals surface area contributed by atoms with Crippen LogP contribution in [0, 0.1) is 29.1 Å². The Labute approximate surface area is 147 Å². The minimum atomic E-state index is -2.27. The third-order valence-electron chi connectivity index (χ3n) is 3.42. The fourth-order valence-corrected chi connectivity index (χ4v) is 2.39.